The number of nitrogens with one attached hydrogen (secondary N) is 1. The number of fused-ring (bicyclic) bond motifs is 1. The minimum atomic E-state index is -0.266. The van der Waals surface area contributed by atoms with Crippen LogP contribution in [0.4, 0.5) is 0 Å². The lowest BCUT2D eigenvalue weighted by molar-refractivity contribution is -0.131. The number of nitrogens with two attached hydrogens (primary N) is 1. The van der Waals surface area contributed by atoms with Gasteiger partial charge >= 0.3 is 0 Å². The third-order valence-electron chi connectivity index (χ3n) is 6.11. The summed E-state index contributed by atoms with van der Waals surface area (Å²) in [5.41, 5.74) is 6.86. The largest absolute Gasteiger partial charge is 0.350 e. The highest BCUT2D eigenvalue weighted by Gasteiger charge is 2.46. The number of likely N-dealkylation sites (tertiary alicyclic amines) is 1. The number of rotatable bonds is 5. The quantitative estimate of drug-likeness (QED) is 0.577. The number of ketones is 1. The number of hydrogen-bond donors (Lipinski definition) is 3. The molecule has 1 aliphatic carbocycles. The molecule has 1 amide bonds. The van der Waals surface area contributed by atoms with Gasteiger partial charge in [0, 0.05) is 41.4 Å². The van der Waals surface area contributed by atoms with Gasteiger partial charge in [0.2, 0.25) is 5.91 Å². The molecule has 162 valence electrons. The molecule has 2 saturated heterocycles. The minimum Gasteiger partial charge on any atom is -0.350 e. The van der Waals surface area contributed by atoms with Gasteiger partial charge in [-0.25, -0.2) is 0 Å². The van der Waals surface area contributed by atoms with Crippen molar-refractivity contribution in [2.75, 3.05) is 18.8 Å². The maximum atomic E-state index is 13.3. The summed E-state index contributed by atoms with van der Waals surface area (Å²) in [6.07, 6.45) is 6.42. The van der Waals surface area contributed by atoms with E-state index in [1.165, 1.54) is 0 Å². The number of carbonyl (C=O) groups excluding carboxylic acids is 2. The third kappa shape index (κ3) is 5.49. The Labute approximate surface area is 184 Å². The van der Waals surface area contributed by atoms with Gasteiger partial charge in [0.05, 0.1) is 6.04 Å². The van der Waals surface area contributed by atoms with Crippen LogP contribution >= 0.6 is 24.4 Å². The van der Waals surface area contributed by atoms with Gasteiger partial charge in [0.15, 0.2) is 5.78 Å². The van der Waals surface area contributed by atoms with E-state index in [4.69, 9.17) is 5.73 Å². The smallest absolute Gasteiger partial charge is 0.238 e. The molecule has 0 aromatic carbocycles. The summed E-state index contributed by atoms with van der Waals surface area (Å²) in [5, 5.41) is 3.76. The predicted molar refractivity (Wildman–Crippen MR) is 124 cm³/mol. The van der Waals surface area contributed by atoms with Gasteiger partial charge in [-0.15, -0.1) is 12.6 Å². The average Bonchev–Trinajstić information content (AvgIpc) is 3.06. The molecule has 0 bridgehead atoms. The van der Waals surface area contributed by atoms with Crippen LogP contribution in [0.1, 0.15) is 47.0 Å². The van der Waals surface area contributed by atoms with E-state index in [1.807, 2.05) is 45.5 Å². The number of thioether (sulfide) groups is 1. The standard InChI is InChI=1S/C22H35N3O2S2/c1-13(23)17(15-6-5-14(28)11-18(15)26)12-25-9-7-19-16(8-10-29-19)20(25)21(27)24-22(2,3)4/h6,11,13,16-17,19-20,28H,5,7-10,12,23H2,1-4H3,(H,24,27)/t13-,16+,17-,19+,20?/m1/s1. The van der Waals surface area contributed by atoms with E-state index in [0.29, 0.717) is 24.1 Å². The van der Waals surface area contributed by atoms with Gasteiger partial charge in [0.1, 0.15) is 0 Å². The highest BCUT2D eigenvalue weighted by Crippen LogP contribution is 2.42. The summed E-state index contributed by atoms with van der Waals surface area (Å²) in [6, 6.07) is -0.318. The lowest BCUT2D eigenvalue weighted by Crippen LogP contribution is -2.60. The molecule has 3 rings (SSSR count). The van der Waals surface area contributed by atoms with E-state index >= 15 is 0 Å². The monoisotopic (exact) mass is 437 g/mol. The van der Waals surface area contributed by atoms with Crippen LogP contribution < -0.4 is 11.1 Å². The van der Waals surface area contributed by atoms with Gasteiger partial charge in [0.25, 0.3) is 0 Å². The first-order valence-electron chi connectivity index (χ1n) is 10.6. The molecule has 0 aromatic heterocycles. The van der Waals surface area contributed by atoms with Crippen molar-refractivity contribution in [3.05, 3.63) is 22.6 Å². The molecular weight excluding hydrogens is 402 g/mol. The van der Waals surface area contributed by atoms with Crippen LogP contribution in [0, 0.1) is 11.8 Å². The molecule has 3 N–H and O–H groups in total. The normalized spacial score (nSPS) is 30.3. The van der Waals surface area contributed by atoms with Crippen molar-refractivity contribution in [1.29, 1.82) is 0 Å². The van der Waals surface area contributed by atoms with Crippen molar-refractivity contribution in [3.8, 4) is 0 Å². The Morgan fingerprint density at radius 1 is 1.41 bits per heavy atom. The maximum absolute atomic E-state index is 13.3. The highest BCUT2D eigenvalue weighted by molar-refractivity contribution is 8.00. The molecule has 5 atom stereocenters. The second-order valence-electron chi connectivity index (χ2n) is 9.66. The number of carbonyl (C=O) groups is 2. The summed E-state index contributed by atoms with van der Waals surface area (Å²) in [6.45, 7) is 9.54. The van der Waals surface area contributed by atoms with Crippen LogP contribution in [-0.4, -0.2) is 58.3 Å². The van der Waals surface area contributed by atoms with Crippen molar-refractivity contribution in [2.45, 2.75) is 69.8 Å². The second kappa shape index (κ2) is 9.16. The van der Waals surface area contributed by atoms with Gasteiger partial charge < -0.3 is 11.1 Å². The zero-order valence-electron chi connectivity index (χ0n) is 18.0. The van der Waals surface area contributed by atoms with Crippen molar-refractivity contribution in [2.24, 2.45) is 17.6 Å². The molecule has 0 radical (unpaired) electrons. The summed E-state index contributed by atoms with van der Waals surface area (Å²) in [5.74, 6) is 1.52. The van der Waals surface area contributed by atoms with E-state index in [2.05, 4.69) is 22.8 Å². The van der Waals surface area contributed by atoms with E-state index in [0.717, 1.165) is 35.6 Å². The average molecular weight is 438 g/mol. The molecule has 5 nitrogen and oxygen atoms in total. The van der Waals surface area contributed by atoms with Crippen molar-refractivity contribution in [1.82, 2.24) is 10.2 Å². The van der Waals surface area contributed by atoms with Crippen molar-refractivity contribution >= 4 is 36.1 Å². The number of hydrogen-bond acceptors (Lipinski definition) is 6. The van der Waals surface area contributed by atoms with Crippen LogP contribution in [0.5, 0.6) is 0 Å². The number of nitrogens with zero attached hydrogens (tertiary/aromatic N) is 1. The van der Waals surface area contributed by atoms with Gasteiger partial charge in [-0.1, -0.05) is 6.08 Å². The van der Waals surface area contributed by atoms with Crippen LogP contribution in [0.2, 0.25) is 0 Å². The molecule has 2 fully saturated rings. The first kappa shape index (κ1) is 22.9. The zero-order chi connectivity index (χ0) is 21.3. The van der Waals surface area contributed by atoms with Gasteiger partial charge in [-0.3, -0.25) is 14.5 Å². The predicted octanol–water partition coefficient (Wildman–Crippen LogP) is 2.77. The Hall–Kier alpha value is -0.760. The SMILES string of the molecule is C[C@@H](N)[C@@H](CN1CC[C@@H]2SCC[C@@H]2C1C(=O)NC(C)(C)C)C1=CCC(S)=CC1=O. The molecule has 2 heterocycles. The van der Waals surface area contributed by atoms with Crippen LogP contribution in [-0.2, 0) is 9.59 Å². The summed E-state index contributed by atoms with van der Waals surface area (Å²) in [4.78, 5) is 29.0. The fraction of sp³-hybridized carbons (Fsp3) is 0.727. The number of thiol groups is 1. The molecule has 2 aliphatic heterocycles. The maximum Gasteiger partial charge on any atom is 0.238 e. The van der Waals surface area contributed by atoms with Crippen molar-refractivity contribution < 1.29 is 9.59 Å². The van der Waals surface area contributed by atoms with E-state index in [1.54, 1.807) is 6.08 Å². The lowest BCUT2D eigenvalue weighted by Gasteiger charge is -2.44. The Morgan fingerprint density at radius 3 is 2.76 bits per heavy atom. The number of allylic oxidation sites excluding steroid dienone is 3. The van der Waals surface area contributed by atoms with Crippen LogP contribution in [0.15, 0.2) is 22.6 Å². The lowest BCUT2D eigenvalue weighted by atomic mass is 9.82. The molecule has 3 aliphatic rings. The molecule has 1 unspecified atom stereocenters. The second-order valence-corrected chi connectivity index (χ2v) is 11.6. The Kier molecular flexibility index (Phi) is 7.24. The Bertz CT molecular complexity index is 711. The Balaban J connectivity index is 1.83. The highest BCUT2D eigenvalue weighted by atomic mass is 32.2. The van der Waals surface area contributed by atoms with Crippen molar-refractivity contribution in [3.63, 3.8) is 0 Å². The molecule has 29 heavy (non-hydrogen) atoms. The van der Waals surface area contributed by atoms with Crippen LogP contribution in [0.3, 0.4) is 0 Å². The van der Waals surface area contributed by atoms with E-state index < -0.39 is 0 Å². The Morgan fingerprint density at radius 2 is 2.14 bits per heavy atom. The molecule has 0 saturated carbocycles. The minimum absolute atomic E-state index is 0.00514. The van der Waals surface area contributed by atoms with Crippen LogP contribution in [0.25, 0.3) is 0 Å². The molecule has 7 heteroatoms. The summed E-state index contributed by atoms with van der Waals surface area (Å²) in [7, 11) is 0. The van der Waals surface area contributed by atoms with E-state index in [9.17, 15) is 9.59 Å². The first-order valence-corrected chi connectivity index (χ1v) is 12.1. The zero-order valence-corrected chi connectivity index (χ0v) is 19.7. The fourth-order valence-electron chi connectivity index (χ4n) is 4.78. The number of amides is 1. The summed E-state index contributed by atoms with van der Waals surface area (Å²) < 4.78 is 0. The third-order valence-corrected chi connectivity index (χ3v) is 7.90. The first-order chi connectivity index (χ1) is 13.6. The van der Waals surface area contributed by atoms with Gasteiger partial charge in [-0.2, -0.15) is 11.8 Å². The molecule has 0 aromatic rings. The van der Waals surface area contributed by atoms with E-state index in [-0.39, 0.29) is 35.2 Å². The van der Waals surface area contributed by atoms with Gasteiger partial charge in [-0.05, 0) is 69.6 Å². The fourth-order valence-corrected chi connectivity index (χ4v) is 6.50. The topological polar surface area (TPSA) is 75.4 Å². The number of piperidine rings is 1. The molecule has 0 spiro atoms. The summed E-state index contributed by atoms with van der Waals surface area (Å²) >= 11 is 6.34. The molecular formula is C22H35N3O2S2.